The van der Waals surface area contributed by atoms with E-state index in [0.29, 0.717) is 19.5 Å². The third kappa shape index (κ3) is 10.1. The number of rotatable bonds is 8. The topological polar surface area (TPSA) is 40.5 Å². The fourth-order valence-corrected chi connectivity index (χ4v) is 1.54. The maximum absolute atomic E-state index is 12.0. The minimum atomic E-state index is -4.11. The fourth-order valence-electron chi connectivity index (χ4n) is 1.54. The number of carboxylic acids is 1. The molecule has 0 fully saturated rings. The molecule has 0 radical (unpaired) electrons. The van der Waals surface area contributed by atoms with Crippen LogP contribution in [0, 0.1) is 0 Å². The van der Waals surface area contributed by atoms with E-state index >= 15 is 0 Å². The van der Waals surface area contributed by atoms with E-state index in [-0.39, 0.29) is 18.9 Å². The van der Waals surface area contributed by atoms with E-state index in [1.165, 1.54) is 0 Å². The van der Waals surface area contributed by atoms with Gasteiger partial charge in [0, 0.05) is 18.9 Å². The minimum absolute atomic E-state index is 0.0580. The second-order valence-electron chi connectivity index (χ2n) is 4.35. The molecule has 0 heterocycles. The van der Waals surface area contributed by atoms with Gasteiger partial charge in [-0.25, -0.2) is 0 Å². The summed E-state index contributed by atoms with van der Waals surface area (Å²) in [5.74, 6) is -0.871. The zero-order valence-electron chi connectivity index (χ0n) is 10.3. The van der Waals surface area contributed by atoms with Crippen molar-refractivity contribution in [2.45, 2.75) is 51.7 Å². The second kappa shape index (κ2) is 7.53. The molecule has 0 saturated heterocycles. The van der Waals surface area contributed by atoms with Crippen LogP contribution in [0.25, 0.3) is 0 Å². The quantitative estimate of drug-likeness (QED) is 0.725. The number of aliphatic carboxylic acids is 1. The van der Waals surface area contributed by atoms with Crippen molar-refractivity contribution in [3.8, 4) is 0 Å². The van der Waals surface area contributed by atoms with Gasteiger partial charge in [-0.2, -0.15) is 13.2 Å². The highest BCUT2D eigenvalue weighted by Crippen LogP contribution is 2.21. The average molecular weight is 255 g/mol. The number of carboxylic acid groups (broad SMARTS) is 1. The Kier molecular flexibility index (Phi) is 7.18. The molecule has 0 unspecified atom stereocenters. The summed E-state index contributed by atoms with van der Waals surface area (Å²) in [6, 6.07) is 0.136. The van der Waals surface area contributed by atoms with E-state index in [1.54, 1.807) is 0 Å². The highest BCUT2D eigenvalue weighted by molar-refractivity contribution is 5.66. The Balaban J connectivity index is 3.87. The average Bonchev–Trinajstić information content (AvgIpc) is 2.12. The van der Waals surface area contributed by atoms with Gasteiger partial charge in [0.15, 0.2) is 0 Å². The van der Waals surface area contributed by atoms with Crippen molar-refractivity contribution in [1.29, 1.82) is 0 Å². The fraction of sp³-hybridized carbons (Fsp3) is 0.909. The molecule has 0 spiro atoms. The lowest BCUT2D eigenvalue weighted by molar-refractivity contribution is -0.137. The minimum Gasteiger partial charge on any atom is -0.481 e. The lowest BCUT2D eigenvalue weighted by Crippen LogP contribution is -2.33. The van der Waals surface area contributed by atoms with Crippen LogP contribution in [0.3, 0.4) is 0 Å². The first-order chi connectivity index (χ1) is 7.72. The van der Waals surface area contributed by atoms with Crippen LogP contribution in [0.2, 0.25) is 0 Å². The van der Waals surface area contributed by atoms with Crippen LogP contribution in [-0.2, 0) is 4.79 Å². The summed E-state index contributed by atoms with van der Waals surface area (Å²) in [6.45, 7) is 4.68. The molecule has 0 aliphatic heterocycles. The molecule has 1 N–H and O–H groups in total. The zero-order valence-corrected chi connectivity index (χ0v) is 10.3. The Bertz CT molecular complexity index is 229. The van der Waals surface area contributed by atoms with E-state index in [4.69, 9.17) is 5.11 Å². The van der Waals surface area contributed by atoms with Gasteiger partial charge >= 0.3 is 12.1 Å². The SMILES string of the molecule is CC(C)N(CCCC(=O)O)CCCC(F)(F)F. The molecular weight excluding hydrogens is 235 g/mol. The smallest absolute Gasteiger partial charge is 0.389 e. The Morgan fingerprint density at radius 3 is 2.18 bits per heavy atom. The molecule has 0 aliphatic carbocycles. The number of alkyl halides is 3. The van der Waals surface area contributed by atoms with Crippen molar-refractivity contribution in [2.24, 2.45) is 0 Å². The van der Waals surface area contributed by atoms with Gasteiger partial charge in [0.25, 0.3) is 0 Å². The second-order valence-corrected chi connectivity index (χ2v) is 4.35. The first-order valence-corrected chi connectivity index (χ1v) is 5.75. The standard InChI is InChI=1S/C11H20F3NO2/c1-9(2)15(7-3-5-10(16)17)8-4-6-11(12,13)14/h9H,3-8H2,1-2H3,(H,16,17). The van der Waals surface area contributed by atoms with Crippen LogP contribution < -0.4 is 0 Å². The number of halogens is 3. The van der Waals surface area contributed by atoms with E-state index < -0.39 is 18.6 Å². The van der Waals surface area contributed by atoms with Crippen LogP contribution in [0.5, 0.6) is 0 Å². The number of carbonyl (C=O) groups is 1. The summed E-state index contributed by atoms with van der Waals surface area (Å²) < 4.78 is 35.9. The van der Waals surface area contributed by atoms with Crippen molar-refractivity contribution < 1.29 is 23.1 Å². The van der Waals surface area contributed by atoms with Crippen molar-refractivity contribution in [1.82, 2.24) is 4.90 Å². The summed E-state index contributed by atoms with van der Waals surface area (Å²) in [4.78, 5) is 12.2. The monoisotopic (exact) mass is 255 g/mol. The van der Waals surface area contributed by atoms with Gasteiger partial charge in [-0.1, -0.05) is 0 Å². The predicted molar refractivity (Wildman–Crippen MR) is 58.9 cm³/mol. The predicted octanol–water partition coefficient (Wildman–Crippen LogP) is 2.90. The Morgan fingerprint density at radius 2 is 1.76 bits per heavy atom. The molecule has 17 heavy (non-hydrogen) atoms. The van der Waals surface area contributed by atoms with E-state index in [2.05, 4.69) is 0 Å². The highest BCUT2D eigenvalue weighted by Gasteiger charge is 2.26. The van der Waals surface area contributed by atoms with Crippen LogP contribution in [0.15, 0.2) is 0 Å². The van der Waals surface area contributed by atoms with Gasteiger partial charge in [-0.15, -0.1) is 0 Å². The highest BCUT2D eigenvalue weighted by atomic mass is 19.4. The van der Waals surface area contributed by atoms with Crippen LogP contribution in [0.4, 0.5) is 13.2 Å². The Hall–Kier alpha value is -0.780. The molecule has 0 bridgehead atoms. The largest absolute Gasteiger partial charge is 0.481 e. The summed E-state index contributed by atoms with van der Waals surface area (Å²) in [7, 11) is 0. The van der Waals surface area contributed by atoms with Crippen LogP contribution in [-0.4, -0.2) is 41.3 Å². The molecule has 0 saturated carbocycles. The summed E-state index contributed by atoms with van der Waals surface area (Å²) in [5, 5.41) is 8.48. The van der Waals surface area contributed by atoms with Crippen molar-refractivity contribution in [2.75, 3.05) is 13.1 Å². The number of nitrogens with zero attached hydrogens (tertiary/aromatic N) is 1. The molecule has 0 rings (SSSR count). The zero-order chi connectivity index (χ0) is 13.5. The molecule has 102 valence electrons. The third-order valence-corrected chi connectivity index (χ3v) is 2.47. The normalized spacial score (nSPS) is 12.4. The Morgan fingerprint density at radius 1 is 1.24 bits per heavy atom. The molecule has 0 aromatic rings. The molecule has 0 aromatic carbocycles. The third-order valence-electron chi connectivity index (χ3n) is 2.47. The molecule has 0 atom stereocenters. The lowest BCUT2D eigenvalue weighted by atomic mass is 10.2. The number of hydrogen-bond acceptors (Lipinski definition) is 2. The Labute approximate surface area is 99.6 Å². The van der Waals surface area contributed by atoms with Gasteiger partial charge in [-0.05, 0) is 39.8 Å². The van der Waals surface area contributed by atoms with Gasteiger partial charge in [0.1, 0.15) is 0 Å². The molecule has 0 aromatic heterocycles. The van der Waals surface area contributed by atoms with Gasteiger partial charge in [0.05, 0.1) is 0 Å². The van der Waals surface area contributed by atoms with Crippen LogP contribution >= 0.6 is 0 Å². The molecule has 3 nitrogen and oxygen atoms in total. The molecular formula is C11H20F3NO2. The van der Waals surface area contributed by atoms with Crippen LogP contribution in [0.1, 0.15) is 39.5 Å². The van der Waals surface area contributed by atoms with Gasteiger partial charge in [-0.3, -0.25) is 4.79 Å². The summed E-state index contributed by atoms with van der Waals surface area (Å²) in [5.41, 5.74) is 0. The summed E-state index contributed by atoms with van der Waals surface area (Å²) >= 11 is 0. The first-order valence-electron chi connectivity index (χ1n) is 5.75. The van der Waals surface area contributed by atoms with Gasteiger partial charge < -0.3 is 10.0 Å². The van der Waals surface area contributed by atoms with Gasteiger partial charge in [0.2, 0.25) is 0 Å². The lowest BCUT2D eigenvalue weighted by Gasteiger charge is -2.26. The van der Waals surface area contributed by atoms with Crippen molar-refractivity contribution >= 4 is 5.97 Å². The maximum Gasteiger partial charge on any atom is 0.389 e. The van der Waals surface area contributed by atoms with Crippen molar-refractivity contribution in [3.05, 3.63) is 0 Å². The number of hydrogen-bond donors (Lipinski definition) is 1. The molecule has 0 amide bonds. The van der Waals surface area contributed by atoms with E-state index in [1.807, 2.05) is 18.7 Å². The molecule has 0 aliphatic rings. The van der Waals surface area contributed by atoms with E-state index in [0.717, 1.165) is 0 Å². The van der Waals surface area contributed by atoms with Crippen molar-refractivity contribution in [3.63, 3.8) is 0 Å². The maximum atomic E-state index is 12.0. The van der Waals surface area contributed by atoms with E-state index in [9.17, 15) is 18.0 Å². The summed E-state index contributed by atoms with van der Waals surface area (Å²) in [6.07, 6.45) is -4.30. The molecule has 6 heteroatoms. The first kappa shape index (κ1) is 16.2.